The molecule has 25 heavy (non-hydrogen) atoms. The van der Waals surface area contributed by atoms with Crippen LogP contribution in [0.2, 0.25) is 0 Å². The third-order valence-electron chi connectivity index (χ3n) is 5.33. The molecule has 4 unspecified atom stereocenters. The predicted octanol–water partition coefficient (Wildman–Crippen LogP) is 3.07. The van der Waals surface area contributed by atoms with Crippen molar-refractivity contribution in [3.8, 4) is 11.5 Å². The number of aryl methyl sites for hydroxylation is 1. The molecule has 6 nitrogen and oxygen atoms in total. The van der Waals surface area contributed by atoms with Crippen molar-refractivity contribution in [1.82, 2.24) is 9.88 Å². The van der Waals surface area contributed by atoms with Crippen LogP contribution in [0.25, 0.3) is 11.5 Å². The summed E-state index contributed by atoms with van der Waals surface area (Å²) in [4.78, 5) is 18.8. The van der Waals surface area contributed by atoms with Gasteiger partial charge in [-0.3, -0.25) is 0 Å². The Balaban J connectivity index is 1.29. The summed E-state index contributed by atoms with van der Waals surface area (Å²) >= 11 is 0. The van der Waals surface area contributed by atoms with Crippen LogP contribution in [0.4, 0.5) is 10.5 Å². The second-order valence-electron chi connectivity index (χ2n) is 6.97. The minimum absolute atomic E-state index is 0.0606. The number of carbonyl (C=O) groups excluding carboxylic acids is 1. The van der Waals surface area contributed by atoms with Crippen LogP contribution in [0, 0.1) is 18.8 Å². The van der Waals surface area contributed by atoms with E-state index in [-0.39, 0.29) is 18.2 Å². The van der Waals surface area contributed by atoms with E-state index in [1.54, 1.807) is 6.20 Å². The van der Waals surface area contributed by atoms with Gasteiger partial charge in [0.1, 0.15) is 5.76 Å². The molecule has 2 bridgehead atoms. The van der Waals surface area contributed by atoms with Crippen molar-refractivity contribution in [2.45, 2.75) is 19.1 Å². The van der Waals surface area contributed by atoms with Gasteiger partial charge in [0.15, 0.2) is 0 Å². The SMILES string of the molecule is Cc1cnc(-c2cccc(NC(=O)N3CC4C5C=CC(O5)C4C3)c2)o1. The average molecular weight is 337 g/mol. The molecule has 5 rings (SSSR count). The molecular formula is C19H19N3O3. The Morgan fingerprint density at radius 1 is 1.24 bits per heavy atom. The van der Waals surface area contributed by atoms with Gasteiger partial charge < -0.3 is 19.4 Å². The van der Waals surface area contributed by atoms with Crippen LogP contribution >= 0.6 is 0 Å². The lowest BCUT2D eigenvalue weighted by atomic mass is 9.86. The molecule has 3 aliphatic rings. The molecule has 1 N–H and O–H groups in total. The highest BCUT2D eigenvalue weighted by molar-refractivity contribution is 5.90. The number of likely N-dealkylation sites (tertiary alicyclic amines) is 1. The Kier molecular flexibility index (Phi) is 3.21. The smallest absolute Gasteiger partial charge is 0.321 e. The molecule has 2 aromatic rings. The number of carbonyl (C=O) groups is 1. The number of ether oxygens (including phenoxy) is 1. The van der Waals surface area contributed by atoms with Gasteiger partial charge in [0.05, 0.1) is 18.4 Å². The standard InChI is InChI=1S/C19H19N3O3/c1-11-8-20-18(24-11)12-3-2-4-13(7-12)21-19(23)22-9-14-15(10-22)17-6-5-16(14)25-17/h2-8,14-17H,9-10H2,1H3,(H,21,23). The lowest BCUT2D eigenvalue weighted by Crippen LogP contribution is -2.35. The van der Waals surface area contributed by atoms with E-state index < -0.39 is 0 Å². The molecular weight excluding hydrogens is 318 g/mol. The fraction of sp³-hybridized carbons (Fsp3) is 0.368. The number of anilines is 1. The van der Waals surface area contributed by atoms with Crippen molar-refractivity contribution < 1.29 is 13.9 Å². The maximum Gasteiger partial charge on any atom is 0.321 e. The maximum atomic E-state index is 12.6. The number of hydrogen-bond donors (Lipinski definition) is 1. The van der Waals surface area contributed by atoms with Crippen LogP contribution in [0.15, 0.2) is 47.0 Å². The summed E-state index contributed by atoms with van der Waals surface area (Å²) in [6.45, 7) is 3.36. The number of aromatic nitrogens is 1. The monoisotopic (exact) mass is 337 g/mol. The van der Waals surface area contributed by atoms with Crippen LogP contribution in [-0.2, 0) is 4.74 Å². The molecule has 0 saturated carbocycles. The van der Waals surface area contributed by atoms with Crippen molar-refractivity contribution in [3.63, 3.8) is 0 Å². The normalized spacial score (nSPS) is 29.2. The summed E-state index contributed by atoms with van der Waals surface area (Å²) in [5, 5.41) is 3.00. The molecule has 3 aliphatic heterocycles. The molecule has 2 amide bonds. The van der Waals surface area contributed by atoms with E-state index in [1.807, 2.05) is 36.1 Å². The first-order chi connectivity index (χ1) is 12.2. The van der Waals surface area contributed by atoms with Crippen molar-refractivity contribution in [2.24, 2.45) is 11.8 Å². The van der Waals surface area contributed by atoms with Crippen molar-refractivity contribution in [2.75, 3.05) is 18.4 Å². The quantitative estimate of drug-likeness (QED) is 0.855. The van der Waals surface area contributed by atoms with E-state index in [1.165, 1.54) is 0 Å². The molecule has 128 valence electrons. The van der Waals surface area contributed by atoms with E-state index in [4.69, 9.17) is 9.15 Å². The van der Waals surface area contributed by atoms with E-state index in [0.29, 0.717) is 17.7 Å². The Morgan fingerprint density at radius 2 is 2.00 bits per heavy atom. The van der Waals surface area contributed by atoms with E-state index in [9.17, 15) is 4.79 Å². The Morgan fingerprint density at radius 3 is 2.68 bits per heavy atom. The van der Waals surface area contributed by atoms with Crippen molar-refractivity contribution in [3.05, 3.63) is 48.4 Å². The van der Waals surface area contributed by atoms with Crippen LogP contribution < -0.4 is 5.32 Å². The van der Waals surface area contributed by atoms with E-state index in [2.05, 4.69) is 22.5 Å². The lowest BCUT2D eigenvalue weighted by Gasteiger charge is -2.19. The van der Waals surface area contributed by atoms with Gasteiger partial charge in [-0.15, -0.1) is 0 Å². The summed E-state index contributed by atoms with van der Waals surface area (Å²) in [6.07, 6.45) is 6.33. The van der Waals surface area contributed by atoms with Gasteiger partial charge in [-0.05, 0) is 25.1 Å². The number of fused-ring (bicyclic) bond motifs is 5. The zero-order valence-electron chi connectivity index (χ0n) is 13.9. The number of rotatable bonds is 2. The minimum Gasteiger partial charge on any atom is -0.441 e. The summed E-state index contributed by atoms with van der Waals surface area (Å²) in [5.74, 6) is 2.19. The molecule has 1 aromatic heterocycles. The first kappa shape index (κ1) is 14.7. The summed E-state index contributed by atoms with van der Waals surface area (Å²) in [5.41, 5.74) is 1.59. The van der Waals surface area contributed by atoms with Gasteiger partial charge in [0.25, 0.3) is 0 Å². The highest BCUT2D eigenvalue weighted by Crippen LogP contribution is 2.43. The Bertz CT molecular complexity index is 839. The van der Waals surface area contributed by atoms with Gasteiger partial charge in [0, 0.05) is 36.2 Å². The number of urea groups is 1. The zero-order valence-corrected chi connectivity index (χ0v) is 13.9. The Hall–Kier alpha value is -2.60. The first-order valence-corrected chi connectivity index (χ1v) is 8.60. The zero-order chi connectivity index (χ0) is 17.0. The molecule has 0 aliphatic carbocycles. The number of amides is 2. The van der Waals surface area contributed by atoms with E-state index >= 15 is 0 Å². The summed E-state index contributed by atoms with van der Waals surface area (Å²) in [6, 6.07) is 7.51. The number of nitrogens with one attached hydrogen (secondary N) is 1. The molecule has 4 atom stereocenters. The van der Waals surface area contributed by atoms with Crippen molar-refractivity contribution in [1.29, 1.82) is 0 Å². The van der Waals surface area contributed by atoms with Crippen LogP contribution in [0.3, 0.4) is 0 Å². The molecule has 0 spiro atoms. The highest BCUT2D eigenvalue weighted by Gasteiger charge is 2.51. The predicted molar refractivity (Wildman–Crippen MR) is 92.0 cm³/mol. The molecule has 1 aromatic carbocycles. The third kappa shape index (κ3) is 2.44. The largest absolute Gasteiger partial charge is 0.441 e. The molecule has 4 heterocycles. The number of benzene rings is 1. The van der Waals surface area contributed by atoms with Gasteiger partial charge >= 0.3 is 6.03 Å². The topological polar surface area (TPSA) is 67.6 Å². The summed E-state index contributed by atoms with van der Waals surface area (Å²) in [7, 11) is 0. The fourth-order valence-electron chi connectivity index (χ4n) is 4.11. The van der Waals surface area contributed by atoms with Gasteiger partial charge in [-0.25, -0.2) is 9.78 Å². The van der Waals surface area contributed by atoms with E-state index in [0.717, 1.165) is 30.1 Å². The lowest BCUT2D eigenvalue weighted by molar-refractivity contribution is 0.0892. The van der Waals surface area contributed by atoms with Crippen LogP contribution in [0.5, 0.6) is 0 Å². The fourth-order valence-corrected chi connectivity index (χ4v) is 4.11. The van der Waals surface area contributed by atoms with Gasteiger partial charge in [-0.1, -0.05) is 18.2 Å². The maximum absolute atomic E-state index is 12.6. The van der Waals surface area contributed by atoms with Crippen molar-refractivity contribution >= 4 is 11.7 Å². The molecule has 6 heteroatoms. The Labute approximate surface area is 145 Å². The minimum atomic E-state index is -0.0606. The third-order valence-corrected chi connectivity index (χ3v) is 5.33. The average Bonchev–Trinajstić information content (AvgIpc) is 3.36. The first-order valence-electron chi connectivity index (χ1n) is 8.60. The molecule has 2 saturated heterocycles. The molecule has 2 fully saturated rings. The second-order valence-corrected chi connectivity index (χ2v) is 6.97. The van der Waals surface area contributed by atoms with Crippen LogP contribution in [-0.4, -0.2) is 41.2 Å². The van der Waals surface area contributed by atoms with Gasteiger partial charge in [0.2, 0.25) is 5.89 Å². The number of oxazole rings is 1. The number of hydrogen-bond acceptors (Lipinski definition) is 4. The highest BCUT2D eigenvalue weighted by atomic mass is 16.5. The van der Waals surface area contributed by atoms with Crippen LogP contribution in [0.1, 0.15) is 5.76 Å². The second kappa shape index (κ2) is 5.46. The summed E-state index contributed by atoms with van der Waals surface area (Å²) < 4.78 is 11.4. The number of nitrogens with zero attached hydrogens (tertiary/aromatic N) is 2. The van der Waals surface area contributed by atoms with Gasteiger partial charge in [-0.2, -0.15) is 0 Å². The molecule has 0 radical (unpaired) electrons.